The van der Waals surface area contributed by atoms with Gasteiger partial charge in [-0.3, -0.25) is 4.79 Å². The second-order valence-corrected chi connectivity index (χ2v) is 7.77. The smallest absolute Gasteiger partial charge is 0.339 e. The summed E-state index contributed by atoms with van der Waals surface area (Å²) in [6.45, 7) is 4.10. The van der Waals surface area contributed by atoms with Crippen LogP contribution < -0.4 is 10.6 Å². The van der Waals surface area contributed by atoms with Crippen LogP contribution in [0.25, 0.3) is 0 Å². The maximum absolute atomic E-state index is 11.8. The van der Waals surface area contributed by atoms with Gasteiger partial charge in [0.2, 0.25) is 5.91 Å². The zero-order valence-electron chi connectivity index (χ0n) is 16.7. The van der Waals surface area contributed by atoms with E-state index < -0.39 is 5.97 Å². The lowest BCUT2D eigenvalue weighted by atomic mass is 10.1. The predicted octanol–water partition coefficient (Wildman–Crippen LogP) is 4.13. The molecule has 2 aromatic rings. The second-order valence-electron chi connectivity index (χ2n) is 6.96. The molecule has 1 amide bonds. The zero-order valence-corrected chi connectivity index (χ0v) is 18.3. The van der Waals surface area contributed by atoms with Gasteiger partial charge in [-0.1, -0.05) is 35.9 Å². The van der Waals surface area contributed by atoms with E-state index in [9.17, 15) is 9.59 Å². The number of ether oxygens (including phenoxy) is 1. The Bertz CT molecular complexity index is 934. The number of amides is 1. The van der Waals surface area contributed by atoms with Crippen LogP contribution in [-0.4, -0.2) is 35.0 Å². The normalized spacial score (nSPS) is 13.3. The Morgan fingerprint density at radius 2 is 1.93 bits per heavy atom. The molecule has 3 rings (SSSR count). The molecule has 1 aliphatic heterocycles. The highest BCUT2D eigenvalue weighted by atomic mass is 35.5. The molecule has 2 aromatic carbocycles. The molecule has 2 N–H and O–H groups in total. The summed E-state index contributed by atoms with van der Waals surface area (Å²) in [5.41, 5.74) is 3.19. The summed E-state index contributed by atoms with van der Waals surface area (Å²) in [5, 5.41) is 6.95. The van der Waals surface area contributed by atoms with Crippen molar-refractivity contribution in [1.82, 2.24) is 10.2 Å². The van der Waals surface area contributed by atoms with E-state index in [1.165, 1.54) is 0 Å². The number of nitrogens with zero attached hydrogens (tertiary/aromatic N) is 1. The molecular weight excluding hydrogens is 422 g/mol. The van der Waals surface area contributed by atoms with E-state index in [1.54, 1.807) is 25.1 Å². The van der Waals surface area contributed by atoms with Gasteiger partial charge in [0.1, 0.15) is 0 Å². The number of nitrogens with one attached hydrogen (secondary N) is 2. The van der Waals surface area contributed by atoms with Crippen molar-refractivity contribution in [3.8, 4) is 0 Å². The predicted molar refractivity (Wildman–Crippen MR) is 122 cm³/mol. The molecular formula is C22H24ClN3O3S. The first-order chi connectivity index (χ1) is 14.5. The Morgan fingerprint density at radius 1 is 1.20 bits per heavy atom. The third-order valence-corrected chi connectivity index (χ3v) is 5.30. The Balaban J connectivity index is 1.49. The number of thiocarbonyl (C=S) groups is 1. The van der Waals surface area contributed by atoms with E-state index >= 15 is 0 Å². The summed E-state index contributed by atoms with van der Waals surface area (Å²) >= 11 is 11.5. The topological polar surface area (TPSA) is 70.7 Å². The van der Waals surface area contributed by atoms with Gasteiger partial charge >= 0.3 is 5.97 Å². The molecule has 1 aliphatic rings. The van der Waals surface area contributed by atoms with Crippen LogP contribution in [0.2, 0.25) is 5.02 Å². The van der Waals surface area contributed by atoms with Gasteiger partial charge in [0, 0.05) is 31.7 Å². The number of carbonyl (C=O) groups excluding carboxylic acids is 2. The van der Waals surface area contributed by atoms with Crippen molar-refractivity contribution in [2.75, 3.05) is 18.5 Å². The van der Waals surface area contributed by atoms with Crippen molar-refractivity contribution in [2.24, 2.45) is 0 Å². The minimum absolute atomic E-state index is 0.229. The first-order valence-corrected chi connectivity index (χ1v) is 10.6. The second kappa shape index (κ2) is 10.4. The molecule has 0 aromatic heterocycles. The van der Waals surface area contributed by atoms with E-state index in [2.05, 4.69) is 10.6 Å². The van der Waals surface area contributed by atoms with Crippen LogP contribution in [0.1, 0.15) is 41.3 Å². The summed E-state index contributed by atoms with van der Waals surface area (Å²) in [4.78, 5) is 25.4. The largest absolute Gasteiger partial charge is 0.462 e. The van der Waals surface area contributed by atoms with Crippen molar-refractivity contribution in [2.45, 2.75) is 32.9 Å². The van der Waals surface area contributed by atoms with Gasteiger partial charge < -0.3 is 20.3 Å². The standard InChI is InChI=1S/C22H24ClN3O3S/c1-2-29-21(28)18-10-9-17(12-19(18)23)25-22(30)24-13-15-5-7-16(8-6-15)14-26-11-3-4-20(26)27/h5-10,12H,2-4,11,13-14H2,1H3,(H2,24,25,30). The van der Waals surface area contributed by atoms with Crippen LogP contribution in [0.3, 0.4) is 0 Å². The molecule has 158 valence electrons. The van der Waals surface area contributed by atoms with Crippen LogP contribution in [0.4, 0.5) is 5.69 Å². The Hall–Kier alpha value is -2.64. The van der Waals surface area contributed by atoms with E-state index in [0.29, 0.717) is 47.5 Å². The van der Waals surface area contributed by atoms with Gasteiger partial charge in [0.05, 0.1) is 17.2 Å². The van der Waals surface area contributed by atoms with Gasteiger partial charge in [-0.15, -0.1) is 0 Å². The molecule has 8 heteroatoms. The highest BCUT2D eigenvalue weighted by Crippen LogP contribution is 2.22. The fourth-order valence-electron chi connectivity index (χ4n) is 3.18. The molecule has 1 saturated heterocycles. The van der Waals surface area contributed by atoms with E-state index in [4.69, 9.17) is 28.6 Å². The third-order valence-electron chi connectivity index (χ3n) is 4.74. The van der Waals surface area contributed by atoms with Crippen molar-refractivity contribution in [3.05, 3.63) is 64.2 Å². The lowest BCUT2D eigenvalue weighted by molar-refractivity contribution is -0.128. The molecule has 1 fully saturated rings. The van der Waals surface area contributed by atoms with Crippen molar-refractivity contribution in [1.29, 1.82) is 0 Å². The summed E-state index contributed by atoms with van der Waals surface area (Å²) in [6.07, 6.45) is 1.60. The Morgan fingerprint density at radius 3 is 2.57 bits per heavy atom. The molecule has 0 aliphatic carbocycles. The molecule has 0 atom stereocenters. The van der Waals surface area contributed by atoms with Crippen LogP contribution in [0, 0.1) is 0 Å². The molecule has 0 bridgehead atoms. The summed E-state index contributed by atoms with van der Waals surface area (Å²) in [6, 6.07) is 13.1. The molecule has 0 radical (unpaired) electrons. The van der Waals surface area contributed by atoms with Crippen molar-refractivity contribution in [3.63, 3.8) is 0 Å². The van der Waals surface area contributed by atoms with Gasteiger partial charge in [0.15, 0.2) is 5.11 Å². The number of esters is 1. The maximum Gasteiger partial charge on any atom is 0.339 e. The number of rotatable bonds is 7. The van der Waals surface area contributed by atoms with Gasteiger partial charge in [-0.05, 0) is 54.9 Å². The number of carbonyl (C=O) groups is 2. The number of hydrogen-bond acceptors (Lipinski definition) is 4. The van der Waals surface area contributed by atoms with Gasteiger partial charge in [0.25, 0.3) is 0 Å². The highest BCUT2D eigenvalue weighted by molar-refractivity contribution is 7.80. The molecule has 0 spiro atoms. The summed E-state index contributed by atoms with van der Waals surface area (Å²) in [7, 11) is 0. The van der Waals surface area contributed by atoms with E-state index in [-0.39, 0.29) is 5.91 Å². The molecule has 1 heterocycles. The fourth-order valence-corrected chi connectivity index (χ4v) is 3.63. The number of hydrogen-bond donors (Lipinski definition) is 2. The third kappa shape index (κ3) is 5.93. The Labute approximate surface area is 186 Å². The van der Waals surface area contributed by atoms with Crippen LogP contribution in [0.5, 0.6) is 0 Å². The fraction of sp³-hybridized carbons (Fsp3) is 0.318. The number of likely N-dealkylation sites (tertiary alicyclic amines) is 1. The summed E-state index contributed by atoms with van der Waals surface area (Å²) < 4.78 is 4.97. The minimum Gasteiger partial charge on any atom is -0.462 e. The van der Waals surface area contributed by atoms with Crippen LogP contribution in [-0.2, 0) is 22.6 Å². The number of halogens is 1. The highest BCUT2D eigenvalue weighted by Gasteiger charge is 2.19. The maximum atomic E-state index is 11.8. The monoisotopic (exact) mass is 445 g/mol. The lowest BCUT2D eigenvalue weighted by Gasteiger charge is -2.16. The first kappa shape index (κ1) is 22.1. The quantitative estimate of drug-likeness (QED) is 0.493. The number of benzene rings is 2. The van der Waals surface area contributed by atoms with Crippen molar-refractivity contribution >= 4 is 46.5 Å². The van der Waals surface area contributed by atoms with Crippen LogP contribution >= 0.6 is 23.8 Å². The van der Waals surface area contributed by atoms with Crippen molar-refractivity contribution < 1.29 is 14.3 Å². The lowest BCUT2D eigenvalue weighted by Crippen LogP contribution is -2.28. The molecule has 30 heavy (non-hydrogen) atoms. The average molecular weight is 446 g/mol. The molecule has 0 saturated carbocycles. The van der Waals surface area contributed by atoms with Gasteiger partial charge in [-0.2, -0.15) is 0 Å². The average Bonchev–Trinajstić information content (AvgIpc) is 3.12. The van der Waals surface area contributed by atoms with Crippen LogP contribution in [0.15, 0.2) is 42.5 Å². The molecule has 6 nitrogen and oxygen atoms in total. The molecule has 0 unspecified atom stereocenters. The van der Waals surface area contributed by atoms with E-state index in [0.717, 1.165) is 24.1 Å². The van der Waals surface area contributed by atoms with E-state index in [1.807, 2.05) is 29.2 Å². The number of anilines is 1. The Kier molecular flexibility index (Phi) is 7.65. The zero-order chi connectivity index (χ0) is 21.5. The van der Waals surface area contributed by atoms with Gasteiger partial charge in [-0.25, -0.2) is 4.79 Å². The minimum atomic E-state index is -0.452. The summed E-state index contributed by atoms with van der Waals surface area (Å²) in [5.74, 6) is -0.222. The first-order valence-electron chi connectivity index (χ1n) is 9.83. The SMILES string of the molecule is CCOC(=O)c1ccc(NC(=S)NCc2ccc(CN3CCCC3=O)cc2)cc1Cl.